The normalized spacial score (nSPS) is 11.9. The molecule has 0 aliphatic rings. The smallest absolute Gasteiger partial charge is 0.336 e. The topological polar surface area (TPSA) is 157 Å². The zero-order valence-electron chi connectivity index (χ0n) is 14.7. The van der Waals surface area contributed by atoms with E-state index in [1.165, 1.54) is 27.2 Å². The van der Waals surface area contributed by atoms with Gasteiger partial charge in [-0.2, -0.15) is 22.7 Å². The molecule has 148 valence electrons. The molecule has 0 aliphatic heterocycles. The molecular weight excluding hydrogens is 390 g/mol. The number of carbonyl (C=O) groups is 1. The number of anilines is 1. The largest absolute Gasteiger partial charge is 0.481 e. The summed E-state index contributed by atoms with van der Waals surface area (Å²) in [7, 11) is -3.77. The molecule has 26 heavy (non-hydrogen) atoms. The minimum Gasteiger partial charge on any atom is -0.481 e. The quantitative estimate of drug-likeness (QED) is 0.532. The van der Waals surface area contributed by atoms with Crippen LogP contribution in [0.5, 0.6) is 11.8 Å². The van der Waals surface area contributed by atoms with Crippen molar-refractivity contribution in [2.24, 2.45) is 0 Å². The second kappa shape index (κ2) is 8.95. The SMILES string of the molecule is CCS(=O)(=O)CCN(C)S(=O)(=O)NC(=O)Nc1nc(OC)cc(OC)n1. The van der Waals surface area contributed by atoms with Crippen LogP contribution in [0, 0.1) is 0 Å². The van der Waals surface area contributed by atoms with Crippen molar-refractivity contribution in [1.82, 2.24) is 19.0 Å². The zero-order valence-corrected chi connectivity index (χ0v) is 16.3. The number of ether oxygens (including phenoxy) is 2. The molecule has 0 bridgehead atoms. The van der Waals surface area contributed by atoms with Gasteiger partial charge in [-0.1, -0.05) is 6.92 Å². The molecule has 0 aliphatic carbocycles. The van der Waals surface area contributed by atoms with Gasteiger partial charge >= 0.3 is 16.2 Å². The van der Waals surface area contributed by atoms with Gasteiger partial charge < -0.3 is 9.47 Å². The van der Waals surface area contributed by atoms with Crippen LogP contribution in [0.25, 0.3) is 0 Å². The molecule has 2 amide bonds. The van der Waals surface area contributed by atoms with Crippen molar-refractivity contribution >= 4 is 32.0 Å². The third kappa shape index (κ3) is 6.61. The summed E-state index contributed by atoms with van der Waals surface area (Å²) in [6, 6.07) is 0.229. The van der Waals surface area contributed by atoms with Gasteiger partial charge in [0.25, 0.3) is 0 Å². The van der Waals surface area contributed by atoms with Gasteiger partial charge in [-0.05, 0) is 0 Å². The highest BCUT2D eigenvalue weighted by Crippen LogP contribution is 2.17. The van der Waals surface area contributed by atoms with Gasteiger partial charge in [0.1, 0.15) is 0 Å². The maximum Gasteiger partial charge on any atom is 0.336 e. The van der Waals surface area contributed by atoms with Crippen molar-refractivity contribution in [3.63, 3.8) is 0 Å². The number of carbonyl (C=O) groups excluding carboxylic acids is 1. The second-order valence-corrected chi connectivity index (χ2v) is 9.15. The fraction of sp³-hybridized carbons (Fsp3) is 0.583. The van der Waals surface area contributed by atoms with Crippen LogP contribution in [-0.2, 0) is 20.0 Å². The van der Waals surface area contributed by atoms with Crippen molar-refractivity contribution in [3.05, 3.63) is 6.07 Å². The highest BCUT2D eigenvalue weighted by Gasteiger charge is 2.23. The minimum absolute atomic E-state index is 0.0943. The highest BCUT2D eigenvalue weighted by molar-refractivity contribution is 7.91. The third-order valence-corrected chi connectivity index (χ3v) is 6.24. The van der Waals surface area contributed by atoms with E-state index >= 15 is 0 Å². The maximum atomic E-state index is 12.1. The molecule has 0 atom stereocenters. The monoisotopic (exact) mass is 411 g/mol. The Bertz CT molecular complexity index is 819. The van der Waals surface area contributed by atoms with E-state index in [1.54, 1.807) is 4.72 Å². The Morgan fingerprint density at radius 2 is 1.69 bits per heavy atom. The predicted molar refractivity (Wildman–Crippen MR) is 93.2 cm³/mol. The van der Waals surface area contributed by atoms with Crippen LogP contribution in [0.1, 0.15) is 6.92 Å². The van der Waals surface area contributed by atoms with Gasteiger partial charge in [-0.25, -0.2) is 17.9 Å². The van der Waals surface area contributed by atoms with Crippen molar-refractivity contribution < 1.29 is 31.1 Å². The summed E-state index contributed by atoms with van der Waals surface area (Å²) in [5.41, 5.74) is 0. The number of sulfone groups is 1. The lowest BCUT2D eigenvalue weighted by molar-refractivity contribution is 0.255. The summed E-state index contributed by atoms with van der Waals surface area (Å²) in [6.07, 6.45) is 0. The maximum absolute atomic E-state index is 12.1. The van der Waals surface area contributed by atoms with Gasteiger partial charge in [0.2, 0.25) is 17.7 Å². The molecule has 0 spiro atoms. The Labute approximate surface area is 152 Å². The third-order valence-electron chi connectivity index (χ3n) is 3.11. The Morgan fingerprint density at radius 1 is 1.15 bits per heavy atom. The molecule has 1 aromatic rings. The van der Waals surface area contributed by atoms with E-state index in [-0.39, 0.29) is 35.8 Å². The number of hydrogen-bond donors (Lipinski definition) is 2. The van der Waals surface area contributed by atoms with E-state index in [4.69, 9.17) is 9.47 Å². The summed E-state index contributed by atoms with van der Waals surface area (Å²) in [5.74, 6) is -0.526. The summed E-state index contributed by atoms with van der Waals surface area (Å²) >= 11 is 0. The lowest BCUT2D eigenvalue weighted by Gasteiger charge is -2.17. The number of aromatic nitrogens is 2. The number of rotatable bonds is 9. The van der Waals surface area contributed by atoms with Gasteiger partial charge in [0, 0.05) is 19.3 Å². The van der Waals surface area contributed by atoms with Crippen molar-refractivity contribution in [2.75, 3.05) is 44.6 Å². The first kappa shape index (κ1) is 21.9. The molecule has 14 heteroatoms. The van der Waals surface area contributed by atoms with E-state index in [1.807, 2.05) is 0 Å². The fourth-order valence-electron chi connectivity index (χ4n) is 1.52. The average Bonchev–Trinajstić information content (AvgIpc) is 2.58. The molecule has 0 aromatic carbocycles. The van der Waals surface area contributed by atoms with Gasteiger partial charge in [-0.15, -0.1) is 0 Å². The molecule has 0 unspecified atom stereocenters. The van der Waals surface area contributed by atoms with Gasteiger partial charge in [0.15, 0.2) is 9.84 Å². The molecule has 12 nitrogen and oxygen atoms in total. The van der Waals surface area contributed by atoms with Crippen LogP contribution in [0.3, 0.4) is 0 Å². The number of urea groups is 1. The molecule has 0 saturated carbocycles. The molecule has 0 saturated heterocycles. The number of nitrogens with one attached hydrogen (secondary N) is 2. The lowest BCUT2D eigenvalue weighted by atomic mass is 10.6. The number of methoxy groups -OCH3 is 2. The molecule has 1 heterocycles. The van der Waals surface area contributed by atoms with Crippen LogP contribution in [0.4, 0.5) is 10.7 Å². The van der Waals surface area contributed by atoms with Gasteiger partial charge in [0.05, 0.1) is 26.0 Å². The molecular formula is C12H21N5O7S2. The first-order valence-electron chi connectivity index (χ1n) is 7.25. The molecule has 1 rings (SSSR count). The van der Waals surface area contributed by atoms with E-state index in [0.29, 0.717) is 4.31 Å². The van der Waals surface area contributed by atoms with Crippen LogP contribution >= 0.6 is 0 Å². The number of amides is 2. The summed E-state index contributed by atoms with van der Waals surface area (Å²) < 4.78 is 59.3. The molecule has 0 fully saturated rings. The van der Waals surface area contributed by atoms with Crippen molar-refractivity contribution in [3.8, 4) is 11.8 Å². The fourth-order valence-corrected chi connectivity index (χ4v) is 3.25. The number of nitrogens with zero attached hydrogens (tertiary/aromatic N) is 3. The Kier molecular flexibility index (Phi) is 7.53. The van der Waals surface area contributed by atoms with Crippen LogP contribution in [0.2, 0.25) is 0 Å². The van der Waals surface area contributed by atoms with E-state index in [9.17, 15) is 21.6 Å². The molecule has 1 aromatic heterocycles. The first-order valence-corrected chi connectivity index (χ1v) is 10.5. The van der Waals surface area contributed by atoms with E-state index in [0.717, 1.165) is 7.05 Å². The second-order valence-electron chi connectivity index (χ2n) is 4.90. The predicted octanol–water partition coefficient (Wildman–Crippen LogP) is -0.773. The number of hydrogen-bond acceptors (Lipinski definition) is 9. The summed E-state index contributed by atoms with van der Waals surface area (Å²) in [4.78, 5) is 19.5. The van der Waals surface area contributed by atoms with Crippen LogP contribution in [0.15, 0.2) is 6.07 Å². The van der Waals surface area contributed by atoms with E-state index < -0.39 is 26.1 Å². The lowest BCUT2D eigenvalue weighted by Crippen LogP contribution is -2.45. The Hall–Kier alpha value is -2.19. The summed E-state index contributed by atoms with van der Waals surface area (Å²) in [6.45, 7) is 1.15. The van der Waals surface area contributed by atoms with Crippen LogP contribution in [-0.4, -0.2) is 76.5 Å². The highest BCUT2D eigenvalue weighted by atomic mass is 32.2. The first-order chi connectivity index (χ1) is 12.0. The van der Waals surface area contributed by atoms with Crippen LogP contribution < -0.4 is 19.5 Å². The van der Waals surface area contributed by atoms with E-state index in [2.05, 4.69) is 15.3 Å². The Morgan fingerprint density at radius 3 is 2.15 bits per heavy atom. The van der Waals surface area contributed by atoms with Gasteiger partial charge in [-0.3, -0.25) is 5.32 Å². The zero-order chi connectivity index (χ0) is 20.0. The Balaban J connectivity index is 2.77. The standard InChI is InChI=1S/C12H21N5O7S2/c1-5-25(19,20)7-6-17(2)26(21,22)16-12(18)15-11-13-9(23-3)8-10(14-11)24-4/h8H,5-7H2,1-4H3,(H2,13,14,15,16,18). The summed E-state index contributed by atoms with van der Waals surface area (Å²) in [5, 5.41) is 2.13. The molecule has 0 radical (unpaired) electrons. The average molecular weight is 411 g/mol. The minimum atomic E-state index is -4.25. The van der Waals surface area contributed by atoms with Crippen molar-refractivity contribution in [2.45, 2.75) is 6.92 Å². The molecule has 2 N–H and O–H groups in total. The van der Waals surface area contributed by atoms with Crippen molar-refractivity contribution in [1.29, 1.82) is 0 Å².